The highest BCUT2D eigenvalue weighted by Crippen LogP contribution is 2.29. The van der Waals surface area contributed by atoms with Gasteiger partial charge >= 0.3 is 0 Å². The van der Waals surface area contributed by atoms with E-state index < -0.39 is 10.0 Å². The number of rotatable bonds is 6. The molecule has 0 amide bonds. The minimum atomic E-state index is -3.57. The number of thiophene rings is 1. The van der Waals surface area contributed by atoms with E-state index in [-0.39, 0.29) is 4.90 Å². The second-order valence-electron chi connectivity index (χ2n) is 7.97. The summed E-state index contributed by atoms with van der Waals surface area (Å²) in [6.45, 7) is 2.04. The fourth-order valence-electron chi connectivity index (χ4n) is 3.43. The van der Waals surface area contributed by atoms with Crippen LogP contribution in [0.3, 0.4) is 0 Å². The van der Waals surface area contributed by atoms with Gasteiger partial charge in [-0.1, -0.05) is 24.3 Å². The number of hydrogen-bond acceptors (Lipinski definition) is 7. The Morgan fingerprint density at radius 3 is 2.60 bits per heavy atom. The first-order valence-electron chi connectivity index (χ1n) is 10.7. The fraction of sp³-hybridized carbons (Fsp3) is 0.120. The molecule has 0 radical (unpaired) electrons. The van der Waals surface area contributed by atoms with Gasteiger partial charge in [-0.15, -0.1) is 22.7 Å². The number of aromatic nitrogens is 1. The Hall–Kier alpha value is -3.31. The van der Waals surface area contributed by atoms with Gasteiger partial charge in [-0.25, -0.2) is 22.4 Å². The van der Waals surface area contributed by atoms with Gasteiger partial charge in [0.1, 0.15) is 11.3 Å². The van der Waals surface area contributed by atoms with Crippen molar-refractivity contribution in [3.8, 4) is 11.5 Å². The summed E-state index contributed by atoms with van der Waals surface area (Å²) in [6.07, 6.45) is 1.81. The molecule has 0 N–H and O–H groups in total. The topological polar surface area (TPSA) is 80.2 Å². The molecule has 5 aromatic rings. The normalized spacial score (nSPS) is 13.0. The van der Waals surface area contributed by atoms with E-state index in [1.165, 1.54) is 29.7 Å². The van der Waals surface area contributed by atoms with Crippen LogP contribution in [0.25, 0.3) is 22.4 Å². The fourth-order valence-corrected chi connectivity index (χ4v) is 5.99. The van der Waals surface area contributed by atoms with E-state index in [0.29, 0.717) is 16.2 Å². The van der Waals surface area contributed by atoms with E-state index in [2.05, 4.69) is 0 Å². The number of aryl methyl sites for hydroxylation is 1. The molecular weight excluding hydrogens is 501 g/mol. The largest absolute Gasteiger partial charge is 0.454 e. The van der Waals surface area contributed by atoms with E-state index >= 15 is 0 Å². The number of fused-ring (bicyclic) bond motifs is 1. The van der Waals surface area contributed by atoms with Gasteiger partial charge in [-0.2, -0.15) is 5.10 Å². The molecule has 0 aliphatic rings. The Morgan fingerprint density at radius 1 is 1.03 bits per heavy atom. The third-order valence-corrected chi connectivity index (χ3v) is 8.96. The van der Waals surface area contributed by atoms with E-state index in [4.69, 9.17) is 14.5 Å². The van der Waals surface area contributed by atoms with Gasteiger partial charge in [0.15, 0.2) is 5.76 Å². The van der Waals surface area contributed by atoms with Crippen LogP contribution in [0, 0.1) is 6.92 Å². The van der Waals surface area contributed by atoms with Crippen LogP contribution in [0.4, 0.5) is 5.69 Å². The highest BCUT2D eigenvalue weighted by Gasteiger charge is 2.18. The average molecular weight is 523 g/mol. The SMILES string of the molecule is Cc1ccsc1/C=N/n1c(-c2cc3ccccc3o2)csc1=Nc1cccc(S(=O)(=O)N(C)C)c1. The van der Waals surface area contributed by atoms with Crippen molar-refractivity contribution in [2.24, 2.45) is 10.1 Å². The molecule has 178 valence electrons. The standard InChI is InChI=1S/C25H22N4O3S3/c1-17-11-12-33-24(17)15-26-29-21(23-13-18-7-4-5-10-22(18)32-23)16-34-25(29)27-19-8-6-9-20(14-19)35(30,31)28(2)3/h4-16H,1-3H3/b26-15+,27-25?. The Balaban J connectivity index is 1.66. The van der Waals surface area contributed by atoms with E-state index in [1.54, 1.807) is 40.3 Å². The van der Waals surface area contributed by atoms with Gasteiger partial charge in [0.05, 0.1) is 21.7 Å². The Bertz CT molecular complexity index is 1690. The molecule has 0 saturated carbocycles. The Morgan fingerprint density at radius 2 is 1.86 bits per heavy atom. The molecule has 3 heterocycles. The van der Waals surface area contributed by atoms with Crippen molar-refractivity contribution in [3.05, 3.63) is 86.7 Å². The minimum Gasteiger partial charge on any atom is -0.454 e. The van der Waals surface area contributed by atoms with Crippen molar-refractivity contribution in [2.75, 3.05) is 14.1 Å². The summed E-state index contributed by atoms with van der Waals surface area (Å²) in [5.41, 5.74) is 3.20. The second kappa shape index (κ2) is 9.38. The quantitative estimate of drug-likeness (QED) is 0.268. The summed E-state index contributed by atoms with van der Waals surface area (Å²) >= 11 is 3.01. The molecule has 0 aliphatic heterocycles. The summed E-state index contributed by atoms with van der Waals surface area (Å²) in [4.78, 5) is 6.56. The molecule has 2 aromatic carbocycles. The maximum absolute atomic E-state index is 12.6. The lowest BCUT2D eigenvalue weighted by atomic mass is 10.2. The zero-order valence-corrected chi connectivity index (χ0v) is 21.7. The molecule has 0 atom stereocenters. The average Bonchev–Trinajstić information content (AvgIpc) is 3.55. The van der Waals surface area contributed by atoms with Gasteiger partial charge in [-0.05, 0) is 54.3 Å². The maximum atomic E-state index is 12.6. The highest BCUT2D eigenvalue weighted by atomic mass is 32.2. The lowest BCUT2D eigenvalue weighted by Gasteiger charge is -2.11. The number of nitrogens with zero attached hydrogens (tertiary/aromatic N) is 4. The van der Waals surface area contributed by atoms with Crippen molar-refractivity contribution >= 4 is 55.6 Å². The molecule has 0 spiro atoms. The first kappa shape index (κ1) is 23.4. The van der Waals surface area contributed by atoms with Crippen LogP contribution in [0.1, 0.15) is 10.4 Å². The molecule has 3 aromatic heterocycles. The molecular formula is C25H22N4O3S3. The molecule has 0 aliphatic carbocycles. The Kier molecular flexibility index (Phi) is 6.28. The van der Waals surface area contributed by atoms with Crippen LogP contribution in [0.5, 0.6) is 0 Å². The number of para-hydroxylation sites is 1. The van der Waals surface area contributed by atoms with Crippen LogP contribution in [0.2, 0.25) is 0 Å². The summed E-state index contributed by atoms with van der Waals surface area (Å²) in [7, 11) is -0.558. The first-order valence-corrected chi connectivity index (χ1v) is 13.9. The van der Waals surface area contributed by atoms with Crippen molar-refractivity contribution in [2.45, 2.75) is 11.8 Å². The van der Waals surface area contributed by atoms with Crippen LogP contribution in [-0.4, -0.2) is 37.7 Å². The number of thiazole rings is 1. The van der Waals surface area contributed by atoms with Gasteiger partial charge in [0, 0.05) is 24.9 Å². The zero-order valence-electron chi connectivity index (χ0n) is 19.2. The molecule has 0 saturated heterocycles. The molecule has 5 rings (SSSR count). The number of hydrogen-bond donors (Lipinski definition) is 0. The molecule has 35 heavy (non-hydrogen) atoms. The lowest BCUT2D eigenvalue weighted by Crippen LogP contribution is -2.22. The number of furan rings is 1. The predicted octanol–water partition coefficient (Wildman–Crippen LogP) is 5.70. The molecule has 7 nitrogen and oxygen atoms in total. The molecule has 0 unspecified atom stereocenters. The summed E-state index contributed by atoms with van der Waals surface area (Å²) in [5.74, 6) is 0.674. The first-order chi connectivity index (χ1) is 16.8. The van der Waals surface area contributed by atoms with Crippen LogP contribution in [0.15, 0.2) is 90.8 Å². The summed E-state index contributed by atoms with van der Waals surface area (Å²) in [5, 5.41) is 9.71. The van der Waals surface area contributed by atoms with E-state index in [0.717, 1.165) is 27.1 Å². The summed E-state index contributed by atoms with van der Waals surface area (Å²) < 4.78 is 34.2. The maximum Gasteiger partial charge on any atom is 0.242 e. The highest BCUT2D eigenvalue weighted by molar-refractivity contribution is 7.89. The van der Waals surface area contributed by atoms with Crippen molar-refractivity contribution in [3.63, 3.8) is 0 Å². The third-order valence-electron chi connectivity index (χ3n) is 5.38. The zero-order chi connectivity index (χ0) is 24.6. The van der Waals surface area contributed by atoms with Gasteiger partial charge in [-0.3, -0.25) is 0 Å². The Labute approximate surface area is 211 Å². The summed E-state index contributed by atoms with van der Waals surface area (Å²) in [6, 6.07) is 18.4. The molecule has 10 heteroatoms. The van der Waals surface area contributed by atoms with Crippen LogP contribution >= 0.6 is 22.7 Å². The van der Waals surface area contributed by atoms with Crippen molar-refractivity contribution in [1.82, 2.24) is 8.98 Å². The second-order valence-corrected chi connectivity index (χ2v) is 11.9. The van der Waals surface area contributed by atoms with Crippen molar-refractivity contribution < 1.29 is 12.8 Å². The number of benzene rings is 2. The van der Waals surface area contributed by atoms with Crippen LogP contribution in [-0.2, 0) is 10.0 Å². The minimum absolute atomic E-state index is 0.182. The van der Waals surface area contributed by atoms with Crippen LogP contribution < -0.4 is 4.80 Å². The van der Waals surface area contributed by atoms with Gasteiger partial charge in [0.2, 0.25) is 14.8 Å². The molecule has 0 fully saturated rings. The number of sulfonamides is 1. The third kappa shape index (κ3) is 4.65. The van der Waals surface area contributed by atoms with E-state index in [1.807, 2.05) is 60.3 Å². The molecule has 0 bridgehead atoms. The predicted molar refractivity (Wildman–Crippen MR) is 142 cm³/mol. The van der Waals surface area contributed by atoms with E-state index in [9.17, 15) is 8.42 Å². The van der Waals surface area contributed by atoms with Crippen molar-refractivity contribution in [1.29, 1.82) is 0 Å². The van der Waals surface area contributed by atoms with Gasteiger partial charge < -0.3 is 4.42 Å². The lowest BCUT2D eigenvalue weighted by molar-refractivity contribution is 0.521. The monoisotopic (exact) mass is 522 g/mol. The van der Waals surface area contributed by atoms with Gasteiger partial charge in [0.25, 0.3) is 0 Å². The smallest absolute Gasteiger partial charge is 0.242 e.